The molecular formula is C23H25N2+. The Morgan fingerprint density at radius 2 is 1.88 bits per heavy atom. The first-order valence-electron chi connectivity index (χ1n) is 10.1. The number of fused-ring (bicyclic) bond motifs is 3. The van der Waals surface area contributed by atoms with Gasteiger partial charge in [-0.3, -0.25) is 4.98 Å². The zero-order chi connectivity index (χ0) is 20.4. The molecule has 1 aromatic carbocycles. The van der Waals surface area contributed by atoms with Crippen LogP contribution in [0.5, 0.6) is 0 Å². The van der Waals surface area contributed by atoms with Crippen molar-refractivity contribution < 1.29 is 8.68 Å². The topological polar surface area (TPSA) is 16.8 Å². The Labute approximate surface area is 154 Å². The van der Waals surface area contributed by atoms with Crippen LogP contribution in [0.3, 0.4) is 0 Å². The molecule has 0 saturated heterocycles. The quantitative estimate of drug-likeness (QED) is 0.585. The molecule has 3 aromatic rings. The summed E-state index contributed by atoms with van der Waals surface area (Å²) < 4.78 is 25.4. The first-order valence-corrected chi connectivity index (χ1v) is 8.64. The molecule has 126 valence electrons. The molecule has 0 N–H and O–H groups in total. The van der Waals surface area contributed by atoms with Crippen molar-refractivity contribution >= 4 is 0 Å². The van der Waals surface area contributed by atoms with E-state index in [2.05, 4.69) is 44.0 Å². The van der Waals surface area contributed by atoms with E-state index in [9.17, 15) is 0 Å². The predicted molar refractivity (Wildman–Crippen MR) is 103 cm³/mol. The van der Waals surface area contributed by atoms with E-state index in [4.69, 9.17) is 4.11 Å². The zero-order valence-electron chi connectivity index (χ0n) is 18.4. The van der Waals surface area contributed by atoms with Gasteiger partial charge in [0.1, 0.15) is 7.05 Å². The normalized spacial score (nSPS) is 16.6. The molecule has 25 heavy (non-hydrogen) atoms. The molecule has 0 bridgehead atoms. The van der Waals surface area contributed by atoms with E-state index in [1.165, 1.54) is 27.8 Å². The third kappa shape index (κ3) is 2.17. The molecule has 2 heteroatoms. The van der Waals surface area contributed by atoms with Gasteiger partial charge >= 0.3 is 0 Å². The molecule has 0 spiro atoms. The lowest BCUT2D eigenvalue weighted by Gasteiger charge is -2.24. The maximum atomic E-state index is 7.81. The van der Waals surface area contributed by atoms with Crippen LogP contribution in [-0.4, -0.2) is 4.98 Å². The van der Waals surface area contributed by atoms with Gasteiger partial charge in [-0.05, 0) is 49.0 Å². The van der Waals surface area contributed by atoms with Gasteiger partial charge in [0.05, 0.1) is 11.3 Å². The summed E-state index contributed by atoms with van der Waals surface area (Å²) in [7, 11) is 1.93. The molecule has 2 aromatic heterocycles. The second kappa shape index (κ2) is 5.26. The van der Waals surface area contributed by atoms with Gasteiger partial charge in [-0.1, -0.05) is 32.0 Å². The zero-order valence-corrected chi connectivity index (χ0v) is 15.4. The fourth-order valence-corrected chi connectivity index (χ4v) is 4.14. The number of pyridine rings is 2. The second-order valence-electron chi connectivity index (χ2n) is 7.57. The van der Waals surface area contributed by atoms with E-state index in [1.54, 1.807) is 6.20 Å². The van der Waals surface area contributed by atoms with Crippen LogP contribution in [0.25, 0.3) is 22.5 Å². The SMILES string of the molecule is [2H]C([2H])([2H])c1c[n+](C)c(-c2c(C)ccc3c2C(C)(C)c2cccnc2-3)cc1C. The number of hydrogen-bond acceptors (Lipinski definition) is 1. The highest BCUT2D eigenvalue weighted by Crippen LogP contribution is 2.51. The fraction of sp³-hybridized carbons (Fsp3) is 0.304. The van der Waals surface area contributed by atoms with E-state index < -0.39 is 6.85 Å². The molecular weight excluding hydrogens is 304 g/mol. The van der Waals surface area contributed by atoms with Crippen molar-refractivity contribution in [1.29, 1.82) is 0 Å². The van der Waals surface area contributed by atoms with Gasteiger partial charge in [0.15, 0.2) is 6.20 Å². The standard InChI is InChI=1S/C23H25N2/c1-14-9-10-17-21(23(4,5)18-8-7-11-24-22(17)18)20(14)19-12-15(2)16(3)13-25(19)6/h7-13H,1-6H3/q+1/i3D3. The van der Waals surface area contributed by atoms with Crippen molar-refractivity contribution in [1.82, 2.24) is 4.98 Å². The van der Waals surface area contributed by atoms with E-state index >= 15 is 0 Å². The van der Waals surface area contributed by atoms with Gasteiger partial charge in [-0.2, -0.15) is 0 Å². The maximum absolute atomic E-state index is 7.81. The summed E-state index contributed by atoms with van der Waals surface area (Å²) in [6.07, 6.45) is 3.60. The lowest BCUT2D eigenvalue weighted by atomic mass is 9.78. The summed E-state index contributed by atoms with van der Waals surface area (Å²) in [5.74, 6) is 0. The Kier molecular flexibility index (Phi) is 2.70. The molecule has 0 atom stereocenters. The van der Waals surface area contributed by atoms with Crippen molar-refractivity contribution in [3.63, 3.8) is 0 Å². The number of aryl methyl sites for hydroxylation is 4. The molecule has 4 rings (SSSR count). The third-order valence-electron chi connectivity index (χ3n) is 5.51. The number of aromatic nitrogens is 2. The van der Waals surface area contributed by atoms with Crippen molar-refractivity contribution in [2.45, 2.75) is 40.0 Å². The summed E-state index contributed by atoms with van der Waals surface area (Å²) in [5.41, 5.74) is 9.09. The van der Waals surface area contributed by atoms with Crippen LogP contribution in [0.4, 0.5) is 0 Å². The molecule has 1 aliphatic rings. The van der Waals surface area contributed by atoms with Gasteiger partial charge in [0.25, 0.3) is 0 Å². The molecule has 0 saturated carbocycles. The number of hydrogen-bond donors (Lipinski definition) is 0. The first kappa shape index (κ1) is 12.8. The smallest absolute Gasteiger partial charge is 0.213 e. The summed E-state index contributed by atoms with van der Waals surface area (Å²) in [6, 6.07) is 10.5. The van der Waals surface area contributed by atoms with Crippen molar-refractivity contribution in [3.05, 3.63) is 70.5 Å². The second-order valence-corrected chi connectivity index (χ2v) is 7.57. The van der Waals surface area contributed by atoms with Crippen LogP contribution in [0.2, 0.25) is 0 Å². The van der Waals surface area contributed by atoms with Crippen LogP contribution >= 0.6 is 0 Å². The van der Waals surface area contributed by atoms with Gasteiger partial charge < -0.3 is 0 Å². The number of nitrogens with zero attached hydrogens (tertiary/aromatic N) is 2. The van der Waals surface area contributed by atoms with Crippen molar-refractivity contribution in [2.24, 2.45) is 7.05 Å². The summed E-state index contributed by atoms with van der Waals surface area (Å²) in [6.45, 7) is 6.37. The fourth-order valence-electron chi connectivity index (χ4n) is 4.14. The van der Waals surface area contributed by atoms with Crippen LogP contribution in [-0.2, 0) is 12.5 Å². The highest BCUT2D eigenvalue weighted by Gasteiger charge is 2.40. The van der Waals surface area contributed by atoms with E-state index in [0.29, 0.717) is 5.56 Å². The molecule has 1 aliphatic carbocycles. The molecule has 2 heterocycles. The van der Waals surface area contributed by atoms with Crippen LogP contribution in [0.1, 0.15) is 45.8 Å². The maximum Gasteiger partial charge on any atom is 0.213 e. The summed E-state index contributed by atoms with van der Waals surface area (Å²) in [5, 5.41) is 0. The average Bonchev–Trinajstić information content (AvgIpc) is 2.84. The Morgan fingerprint density at radius 3 is 2.64 bits per heavy atom. The van der Waals surface area contributed by atoms with Gasteiger partial charge in [-0.15, -0.1) is 0 Å². The highest BCUT2D eigenvalue weighted by molar-refractivity contribution is 5.86. The Hall–Kier alpha value is -2.48. The third-order valence-corrected chi connectivity index (χ3v) is 5.51. The monoisotopic (exact) mass is 332 g/mol. The molecule has 0 fully saturated rings. The molecule has 0 radical (unpaired) electrons. The van der Waals surface area contributed by atoms with Crippen molar-refractivity contribution in [3.8, 4) is 22.5 Å². The Balaban J connectivity index is 2.04. The minimum Gasteiger partial charge on any atom is -0.256 e. The first-order chi connectivity index (χ1) is 13.0. The minimum atomic E-state index is -2.12. The van der Waals surface area contributed by atoms with Gasteiger partial charge in [0.2, 0.25) is 5.69 Å². The number of benzene rings is 1. The van der Waals surface area contributed by atoms with E-state index in [-0.39, 0.29) is 5.41 Å². The summed E-state index contributed by atoms with van der Waals surface area (Å²) >= 11 is 0. The Bertz CT molecular complexity index is 1110. The minimum absolute atomic E-state index is 0.177. The molecule has 2 nitrogen and oxygen atoms in total. The van der Waals surface area contributed by atoms with Gasteiger partial charge in [0, 0.05) is 32.9 Å². The van der Waals surface area contributed by atoms with Crippen molar-refractivity contribution in [2.75, 3.05) is 0 Å². The van der Waals surface area contributed by atoms with Gasteiger partial charge in [-0.25, -0.2) is 4.57 Å². The molecule has 0 unspecified atom stereocenters. The predicted octanol–water partition coefficient (Wildman–Crippen LogP) is 4.80. The Morgan fingerprint density at radius 1 is 1.08 bits per heavy atom. The van der Waals surface area contributed by atoms with Crippen LogP contribution < -0.4 is 4.57 Å². The molecule has 0 aliphatic heterocycles. The van der Waals surface area contributed by atoms with E-state index in [0.717, 1.165) is 17.0 Å². The average molecular weight is 332 g/mol. The summed E-state index contributed by atoms with van der Waals surface area (Å²) in [4.78, 5) is 4.67. The van der Waals surface area contributed by atoms with E-state index in [1.807, 2.05) is 36.9 Å². The largest absolute Gasteiger partial charge is 0.256 e. The van der Waals surface area contributed by atoms with Crippen LogP contribution in [0, 0.1) is 20.7 Å². The molecule has 0 amide bonds. The highest BCUT2D eigenvalue weighted by atomic mass is 14.9. The lowest BCUT2D eigenvalue weighted by Crippen LogP contribution is -2.32. The number of rotatable bonds is 1. The van der Waals surface area contributed by atoms with Crippen LogP contribution in [0.15, 0.2) is 42.7 Å². The lowest BCUT2D eigenvalue weighted by molar-refractivity contribution is -0.660.